The summed E-state index contributed by atoms with van der Waals surface area (Å²) in [6, 6.07) is 43.3. The molecule has 4 atom stereocenters. The molecule has 8 rings (SSSR count). The van der Waals surface area contributed by atoms with Crippen molar-refractivity contribution < 1.29 is 19.3 Å². The van der Waals surface area contributed by atoms with Crippen LogP contribution in [0.1, 0.15) is 22.3 Å². The molecule has 222 valence electrons. The van der Waals surface area contributed by atoms with Crippen LogP contribution in [0.15, 0.2) is 146 Å². The molecule has 2 aliphatic carbocycles. The molecule has 0 spiro atoms. The molecule has 0 radical (unpaired) electrons. The summed E-state index contributed by atoms with van der Waals surface area (Å²) in [5.74, 6) is -3.52. The Labute approximate surface area is 264 Å². The number of Topliss-reactive ketones (excluding diaryl/α,β-unsaturated/α-hetero) is 1. The summed E-state index contributed by atoms with van der Waals surface area (Å²) >= 11 is 0. The molecule has 1 heterocycles. The molecular formula is C39H26N2O5. The Bertz CT molecular complexity index is 1980. The maximum Gasteiger partial charge on any atom is 0.271 e. The summed E-state index contributed by atoms with van der Waals surface area (Å²) in [7, 11) is 0. The van der Waals surface area contributed by atoms with Gasteiger partial charge in [0.15, 0.2) is 5.78 Å². The number of rotatable bonds is 6. The molecule has 1 aliphatic heterocycles. The minimum atomic E-state index is -1.53. The van der Waals surface area contributed by atoms with Gasteiger partial charge in [0, 0.05) is 12.1 Å². The number of amides is 2. The second-order valence-electron chi connectivity index (χ2n) is 11.9. The van der Waals surface area contributed by atoms with Gasteiger partial charge in [-0.1, -0.05) is 127 Å². The van der Waals surface area contributed by atoms with Gasteiger partial charge in [-0.3, -0.25) is 24.5 Å². The lowest BCUT2D eigenvalue weighted by Gasteiger charge is -2.39. The van der Waals surface area contributed by atoms with Crippen LogP contribution in [0.25, 0.3) is 11.1 Å². The van der Waals surface area contributed by atoms with E-state index in [0.717, 1.165) is 16.0 Å². The molecule has 5 aromatic rings. The summed E-state index contributed by atoms with van der Waals surface area (Å²) in [6.07, 6.45) is 0. The van der Waals surface area contributed by atoms with E-state index in [4.69, 9.17) is 0 Å². The van der Waals surface area contributed by atoms with E-state index in [0.29, 0.717) is 22.3 Å². The van der Waals surface area contributed by atoms with Crippen molar-refractivity contribution in [2.45, 2.75) is 10.8 Å². The topological polar surface area (TPSA) is 97.6 Å². The predicted molar refractivity (Wildman–Crippen MR) is 174 cm³/mol. The van der Waals surface area contributed by atoms with Crippen molar-refractivity contribution in [2.75, 3.05) is 4.90 Å². The van der Waals surface area contributed by atoms with Crippen molar-refractivity contribution in [3.63, 3.8) is 0 Å². The van der Waals surface area contributed by atoms with Gasteiger partial charge in [-0.05, 0) is 39.5 Å². The molecule has 5 aromatic carbocycles. The Morgan fingerprint density at radius 3 is 1.37 bits per heavy atom. The third-order valence-electron chi connectivity index (χ3n) is 9.88. The largest absolute Gasteiger partial charge is 0.297 e. The first-order valence-electron chi connectivity index (χ1n) is 15.1. The average molecular weight is 603 g/mol. The van der Waals surface area contributed by atoms with Crippen LogP contribution >= 0.6 is 0 Å². The fourth-order valence-electron chi connectivity index (χ4n) is 8.33. The number of carbonyl (C=O) groups excluding carboxylic acids is 3. The predicted octanol–water partition coefficient (Wildman–Crippen LogP) is 6.78. The molecule has 2 bridgehead atoms. The molecule has 7 nitrogen and oxygen atoms in total. The van der Waals surface area contributed by atoms with Crippen molar-refractivity contribution in [3.05, 3.63) is 178 Å². The van der Waals surface area contributed by atoms with Gasteiger partial charge in [0.1, 0.15) is 0 Å². The number of ketones is 1. The molecule has 2 amide bonds. The molecule has 1 saturated carbocycles. The van der Waals surface area contributed by atoms with Crippen LogP contribution < -0.4 is 4.90 Å². The Balaban J connectivity index is 1.53. The molecule has 7 heteroatoms. The van der Waals surface area contributed by atoms with Crippen LogP contribution in [0.2, 0.25) is 0 Å². The number of hydrogen-bond acceptors (Lipinski definition) is 5. The summed E-state index contributed by atoms with van der Waals surface area (Å²) in [5.41, 5.74) is 1.02. The highest BCUT2D eigenvalue weighted by Gasteiger charge is 2.82. The number of carbonyl (C=O) groups is 3. The van der Waals surface area contributed by atoms with E-state index < -0.39 is 39.4 Å². The van der Waals surface area contributed by atoms with Gasteiger partial charge in [-0.15, -0.1) is 0 Å². The highest BCUT2D eigenvalue weighted by molar-refractivity contribution is 6.39. The third-order valence-corrected chi connectivity index (χ3v) is 9.88. The maximum absolute atomic E-state index is 15.8. The van der Waals surface area contributed by atoms with Crippen LogP contribution in [0.5, 0.6) is 0 Å². The highest BCUT2D eigenvalue weighted by atomic mass is 16.6. The Hall–Kier alpha value is -5.95. The fraction of sp³-hybridized carbons (Fsp3) is 0.103. The number of non-ortho nitro benzene ring substituents is 1. The van der Waals surface area contributed by atoms with Crippen LogP contribution in [0, 0.1) is 22.0 Å². The van der Waals surface area contributed by atoms with Crippen molar-refractivity contribution >= 4 is 40.1 Å². The van der Waals surface area contributed by atoms with E-state index in [1.165, 1.54) is 24.3 Å². The minimum absolute atomic E-state index is 0.111. The monoisotopic (exact) mass is 602 g/mol. The number of nitro groups is 1. The van der Waals surface area contributed by atoms with E-state index >= 15 is 4.79 Å². The zero-order valence-electron chi connectivity index (χ0n) is 24.4. The third kappa shape index (κ3) is 3.39. The molecule has 1 saturated heterocycles. The number of anilines is 1. The molecule has 2 fully saturated rings. The van der Waals surface area contributed by atoms with Gasteiger partial charge in [0.2, 0.25) is 11.8 Å². The van der Waals surface area contributed by atoms with Gasteiger partial charge in [-0.25, -0.2) is 4.90 Å². The SMILES string of the molecule is O=C1C2C(C(=O)N1c1cccc([N+](=O)[O-])c1)C1(c3ccccc3)C(=O)C2(c2ccccc2)C(c2ccccc2)=C1c1ccccc1. The molecular weight excluding hydrogens is 576 g/mol. The van der Waals surface area contributed by atoms with Crippen molar-refractivity contribution in [1.29, 1.82) is 0 Å². The summed E-state index contributed by atoms with van der Waals surface area (Å²) in [6.45, 7) is 0. The van der Waals surface area contributed by atoms with Crippen LogP contribution in [0.4, 0.5) is 11.4 Å². The van der Waals surface area contributed by atoms with Gasteiger partial charge >= 0.3 is 0 Å². The summed E-state index contributed by atoms with van der Waals surface area (Å²) in [4.78, 5) is 57.9. The second kappa shape index (κ2) is 10.0. The zero-order valence-corrected chi connectivity index (χ0v) is 24.4. The minimum Gasteiger partial charge on any atom is -0.297 e. The lowest BCUT2D eigenvalue weighted by Crippen LogP contribution is -2.45. The molecule has 0 N–H and O–H groups in total. The Morgan fingerprint density at radius 1 is 0.543 bits per heavy atom. The number of benzene rings is 5. The summed E-state index contributed by atoms with van der Waals surface area (Å²) in [5, 5.41) is 11.7. The molecule has 46 heavy (non-hydrogen) atoms. The average Bonchev–Trinajstić information content (AvgIpc) is 3.62. The Kier molecular flexibility index (Phi) is 6.02. The van der Waals surface area contributed by atoms with E-state index in [1.807, 2.05) is 121 Å². The van der Waals surface area contributed by atoms with E-state index in [2.05, 4.69) is 0 Å². The molecule has 4 unspecified atom stereocenters. The fourth-order valence-corrected chi connectivity index (χ4v) is 8.33. The highest BCUT2D eigenvalue weighted by Crippen LogP contribution is 2.74. The number of nitro benzene ring substituents is 1. The molecule has 3 aliphatic rings. The lowest BCUT2D eigenvalue weighted by atomic mass is 9.59. The quantitative estimate of drug-likeness (QED) is 0.121. The number of allylic oxidation sites excluding steroid dienone is 2. The van der Waals surface area contributed by atoms with Crippen LogP contribution in [-0.2, 0) is 25.2 Å². The first-order chi connectivity index (χ1) is 22.4. The summed E-state index contributed by atoms with van der Waals surface area (Å²) < 4.78 is 0. The number of hydrogen-bond donors (Lipinski definition) is 0. The normalized spacial score (nSPS) is 24.9. The molecule has 0 aromatic heterocycles. The van der Waals surface area contributed by atoms with Gasteiger partial charge in [0.05, 0.1) is 33.3 Å². The van der Waals surface area contributed by atoms with Crippen molar-refractivity contribution in [3.8, 4) is 0 Å². The van der Waals surface area contributed by atoms with E-state index in [1.54, 1.807) is 0 Å². The first-order valence-corrected chi connectivity index (χ1v) is 15.1. The van der Waals surface area contributed by atoms with Gasteiger partial charge in [0.25, 0.3) is 5.69 Å². The van der Waals surface area contributed by atoms with E-state index in [9.17, 15) is 19.7 Å². The lowest BCUT2D eigenvalue weighted by molar-refractivity contribution is -0.384. The standard InChI is InChI=1S/C39H26N2O5/c42-35-33-34(36(43)40(35)29-22-13-23-30(24-29)41(45)46)39(28-20-11-4-12-21-28)32(26-16-7-2-8-17-26)31(25-14-5-1-6-15-25)38(33,37(39)44)27-18-9-3-10-19-27/h1-24,33-34H. The van der Waals surface area contributed by atoms with Gasteiger partial charge in [-0.2, -0.15) is 0 Å². The number of nitrogens with zero attached hydrogens (tertiary/aromatic N) is 2. The van der Waals surface area contributed by atoms with Crippen molar-refractivity contribution in [1.82, 2.24) is 0 Å². The number of fused-ring (bicyclic) bond motifs is 5. The second-order valence-corrected chi connectivity index (χ2v) is 11.9. The Morgan fingerprint density at radius 2 is 0.957 bits per heavy atom. The van der Waals surface area contributed by atoms with E-state index in [-0.39, 0.29) is 17.2 Å². The van der Waals surface area contributed by atoms with Crippen LogP contribution in [0.3, 0.4) is 0 Å². The maximum atomic E-state index is 15.8. The van der Waals surface area contributed by atoms with Crippen LogP contribution in [-0.4, -0.2) is 22.5 Å². The number of imide groups is 1. The first kappa shape index (κ1) is 27.6. The smallest absolute Gasteiger partial charge is 0.271 e. The van der Waals surface area contributed by atoms with Gasteiger partial charge < -0.3 is 0 Å². The zero-order chi connectivity index (χ0) is 31.6. The van der Waals surface area contributed by atoms with Crippen molar-refractivity contribution in [2.24, 2.45) is 11.8 Å².